The van der Waals surface area contributed by atoms with Crippen LogP contribution in [-0.4, -0.2) is 33.0 Å². The van der Waals surface area contributed by atoms with Gasteiger partial charge in [-0.1, -0.05) is 12.7 Å². The summed E-state index contributed by atoms with van der Waals surface area (Å²) < 4.78 is 21.4. The fourth-order valence-corrected chi connectivity index (χ4v) is 1.34. The van der Waals surface area contributed by atoms with E-state index in [0.717, 1.165) is 12.4 Å². The van der Waals surface area contributed by atoms with Crippen LogP contribution in [0.4, 0.5) is 0 Å². The first-order valence-electron chi connectivity index (χ1n) is 5.49. The van der Waals surface area contributed by atoms with Crippen LogP contribution in [0.3, 0.4) is 0 Å². The minimum atomic E-state index is 0.226. The van der Waals surface area contributed by atoms with Crippen molar-refractivity contribution in [3.8, 4) is 17.2 Å². The number of benzene rings is 1. The lowest BCUT2D eigenvalue weighted by Gasteiger charge is -2.12. The second-order valence-corrected chi connectivity index (χ2v) is 3.68. The molecule has 0 unspecified atom stereocenters. The summed E-state index contributed by atoms with van der Waals surface area (Å²) in [6, 6.07) is 5.47. The third-order valence-electron chi connectivity index (χ3n) is 2.33. The van der Waals surface area contributed by atoms with E-state index in [4.69, 9.17) is 18.9 Å². The van der Waals surface area contributed by atoms with Crippen LogP contribution in [0.15, 0.2) is 30.9 Å². The Labute approximate surface area is 101 Å². The Morgan fingerprint density at radius 1 is 1.41 bits per heavy atom. The fourth-order valence-electron chi connectivity index (χ4n) is 1.34. The molecule has 0 bridgehead atoms. The monoisotopic (exact) mass is 236 g/mol. The molecule has 0 spiro atoms. The SMILES string of the molecule is C=CCOc1cc(OC)ccc1OC[C@H]1CO1. The highest BCUT2D eigenvalue weighted by Crippen LogP contribution is 2.32. The average molecular weight is 236 g/mol. The summed E-state index contributed by atoms with van der Waals surface area (Å²) in [6.07, 6.45) is 1.91. The average Bonchev–Trinajstić information content (AvgIpc) is 3.18. The van der Waals surface area contributed by atoms with E-state index in [1.165, 1.54) is 0 Å². The van der Waals surface area contributed by atoms with E-state index in [2.05, 4.69) is 6.58 Å². The highest BCUT2D eigenvalue weighted by molar-refractivity contribution is 5.45. The standard InChI is InChI=1S/C13H16O4/c1-3-6-15-13-7-10(14-2)4-5-12(13)17-9-11-8-16-11/h3-5,7,11H,1,6,8-9H2,2H3/t11-/m1/s1. The molecule has 0 aromatic heterocycles. The smallest absolute Gasteiger partial charge is 0.165 e. The molecule has 0 amide bonds. The van der Waals surface area contributed by atoms with Crippen LogP contribution >= 0.6 is 0 Å². The van der Waals surface area contributed by atoms with Crippen molar-refractivity contribution in [2.24, 2.45) is 0 Å². The van der Waals surface area contributed by atoms with Crippen molar-refractivity contribution in [1.82, 2.24) is 0 Å². The first-order valence-corrected chi connectivity index (χ1v) is 5.49. The highest BCUT2D eigenvalue weighted by Gasteiger charge is 2.23. The van der Waals surface area contributed by atoms with Crippen molar-refractivity contribution in [3.05, 3.63) is 30.9 Å². The van der Waals surface area contributed by atoms with Crippen LogP contribution in [0.2, 0.25) is 0 Å². The molecule has 1 saturated heterocycles. The Bertz CT molecular complexity index is 385. The molecule has 92 valence electrons. The molecule has 4 heteroatoms. The first-order chi connectivity index (χ1) is 8.33. The molecule has 1 aliphatic rings. The van der Waals surface area contributed by atoms with Crippen LogP contribution in [0.25, 0.3) is 0 Å². The maximum Gasteiger partial charge on any atom is 0.165 e. The molecule has 0 N–H and O–H groups in total. The van der Waals surface area contributed by atoms with Gasteiger partial charge in [0, 0.05) is 6.07 Å². The minimum Gasteiger partial charge on any atom is -0.497 e. The van der Waals surface area contributed by atoms with Gasteiger partial charge in [-0.05, 0) is 12.1 Å². The Balaban J connectivity index is 2.06. The van der Waals surface area contributed by atoms with Crippen LogP contribution < -0.4 is 14.2 Å². The topological polar surface area (TPSA) is 40.2 Å². The van der Waals surface area contributed by atoms with Crippen LogP contribution in [0.1, 0.15) is 0 Å². The van der Waals surface area contributed by atoms with Gasteiger partial charge >= 0.3 is 0 Å². The van der Waals surface area contributed by atoms with Crippen molar-refractivity contribution in [2.75, 3.05) is 26.9 Å². The maximum atomic E-state index is 5.62. The van der Waals surface area contributed by atoms with Crippen LogP contribution in [0.5, 0.6) is 17.2 Å². The second-order valence-electron chi connectivity index (χ2n) is 3.68. The molecule has 1 heterocycles. The third-order valence-corrected chi connectivity index (χ3v) is 2.33. The predicted molar refractivity (Wildman–Crippen MR) is 63.9 cm³/mol. The van der Waals surface area contributed by atoms with Crippen molar-refractivity contribution in [3.63, 3.8) is 0 Å². The summed E-state index contributed by atoms with van der Waals surface area (Å²) in [5, 5.41) is 0. The van der Waals surface area contributed by atoms with E-state index < -0.39 is 0 Å². The van der Waals surface area contributed by atoms with E-state index in [0.29, 0.717) is 24.7 Å². The van der Waals surface area contributed by atoms with Crippen molar-refractivity contribution in [1.29, 1.82) is 0 Å². The van der Waals surface area contributed by atoms with Crippen molar-refractivity contribution in [2.45, 2.75) is 6.10 Å². The van der Waals surface area contributed by atoms with Gasteiger partial charge in [0.05, 0.1) is 13.7 Å². The molecule has 0 saturated carbocycles. The summed E-state index contributed by atoms with van der Waals surface area (Å²) in [5.74, 6) is 2.09. The van der Waals surface area contributed by atoms with Gasteiger partial charge in [-0.25, -0.2) is 0 Å². The lowest BCUT2D eigenvalue weighted by Crippen LogP contribution is -2.06. The largest absolute Gasteiger partial charge is 0.497 e. The van der Waals surface area contributed by atoms with Gasteiger partial charge < -0.3 is 18.9 Å². The summed E-state index contributed by atoms with van der Waals surface area (Å²) in [4.78, 5) is 0. The lowest BCUT2D eigenvalue weighted by atomic mass is 10.3. The Morgan fingerprint density at radius 3 is 2.88 bits per heavy atom. The molecular weight excluding hydrogens is 220 g/mol. The number of hydrogen-bond donors (Lipinski definition) is 0. The molecule has 2 rings (SSSR count). The molecule has 1 fully saturated rings. The van der Waals surface area contributed by atoms with Gasteiger partial charge in [-0.3, -0.25) is 0 Å². The molecule has 1 atom stereocenters. The summed E-state index contributed by atoms with van der Waals surface area (Å²) in [6.45, 7) is 5.38. The zero-order valence-corrected chi connectivity index (χ0v) is 9.85. The normalized spacial score (nSPS) is 17.4. The zero-order chi connectivity index (χ0) is 12.1. The number of epoxide rings is 1. The number of hydrogen-bond acceptors (Lipinski definition) is 4. The van der Waals surface area contributed by atoms with Crippen molar-refractivity contribution >= 4 is 0 Å². The second kappa shape index (κ2) is 5.59. The van der Waals surface area contributed by atoms with E-state index >= 15 is 0 Å². The fraction of sp³-hybridized carbons (Fsp3) is 0.385. The molecule has 0 aliphatic carbocycles. The molecule has 17 heavy (non-hydrogen) atoms. The molecule has 1 aliphatic heterocycles. The van der Waals surface area contributed by atoms with Gasteiger partial charge in [0.25, 0.3) is 0 Å². The molecule has 0 radical (unpaired) electrons. The Morgan fingerprint density at radius 2 is 2.24 bits per heavy atom. The quantitative estimate of drug-likeness (QED) is 0.536. The molecule has 1 aromatic rings. The number of rotatable bonds is 7. The number of ether oxygens (including phenoxy) is 4. The van der Waals surface area contributed by atoms with Gasteiger partial charge in [0.15, 0.2) is 11.5 Å². The van der Waals surface area contributed by atoms with Gasteiger partial charge in [-0.2, -0.15) is 0 Å². The van der Waals surface area contributed by atoms with Crippen LogP contribution in [0, 0.1) is 0 Å². The molecule has 1 aromatic carbocycles. The van der Waals surface area contributed by atoms with Gasteiger partial charge in [-0.15, -0.1) is 0 Å². The highest BCUT2D eigenvalue weighted by atomic mass is 16.6. The Hall–Kier alpha value is -1.68. The van der Waals surface area contributed by atoms with Gasteiger partial charge in [0.2, 0.25) is 0 Å². The molecule has 4 nitrogen and oxygen atoms in total. The summed E-state index contributed by atoms with van der Waals surface area (Å²) >= 11 is 0. The predicted octanol–water partition coefficient (Wildman–Crippen LogP) is 2.04. The van der Waals surface area contributed by atoms with E-state index in [-0.39, 0.29) is 6.10 Å². The van der Waals surface area contributed by atoms with Crippen molar-refractivity contribution < 1.29 is 18.9 Å². The third kappa shape index (κ3) is 3.39. The maximum absolute atomic E-state index is 5.62. The van der Waals surface area contributed by atoms with E-state index in [1.54, 1.807) is 19.3 Å². The Kier molecular flexibility index (Phi) is 3.88. The number of methoxy groups -OCH3 is 1. The molecular formula is C13H16O4. The zero-order valence-electron chi connectivity index (χ0n) is 9.85. The van der Waals surface area contributed by atoms with Gasteiger partial charge in [0.1, 0.15) is 25.1 Å². The van der Waals surface area contributed by atoms with E-state index in [9.17, 15) is 0 Å². The van der Waals surface area contributed by atoms with E-state index in [1.807, 2.05) is 12.1 Å². The lowest BCUT2D eigenvalue weighted by molar-refractivity contribution is 0.247. The first kappa shape index (κ1) is 11.8. The summed E-state index contributed by atoms with van der Waals surface area (Å²) in [7, 11) is 1.62. The van der Waals surface area contributed by atoms with Crippen LogP contribution in [-0.2, 0) is 4.74 Å². The summed E-state index contributed by atoms with van der Waals surface area (Å²) in [5.41, 5.74) is 0. The minimum absolute atomic E-state index is 0.226.